The number of nitrogens with zero attached hydrogens (tertiary/aromatic N) is 2. The summed E-state index contributed by atoms with van der Waals surface area (Å²) in [5.41, 5.74) is 0. The number of thioether (sulfide) groups is 1. The summed E-state index contributed by atoms with van der Waals surface area (Å²) >= 11 is 1.63. The third-order valence-electron chi connectivity index (χ3n) is 7.79. The molecule has 3 heterocycles. The van der Waals surface area contributed by atoms with Crippen LogP contribution in [-0.4, -0.2) is 80.6 Å². The molecule has 3 aliphatic heterocycles. The molecule has 8 heteroatoms. The van der Waals surface area contributed by atoms with Gasteiger partial charge >= 0.3 is 5.97 Å². The molecule has 0 aliphatic carbocycles. The third-order valence-corrected chi connectivity index (χ3v) is 9.77. The van der Waals surface area contributed by atoms with Crippen LogP contribution in [0.1, 0.15) is 59.3 Å². The minimum atomic E-state index is -0.711. The lowest BCUT2D eigenvalue weighted by atomic mass is 9.66. The molecule has 3 rings (SSSR count). The van der Waals surface area contributed by atoms with Gasteiger partial charge in [0.05, 0.1) is 35.8 Å². The molecule has 1 N–H and O–H groups in total. The number of aliphatic hydroxyl groups excluding tert-OH is 1. The maximum Gasteiger partial charge on any atom is 0.311 e. The zero-order chi connectivity index (χ0) is 25.1. The van der Waals surface area contributed by atoms with E-state index in [4.69, 9.17) is 4.74 Å². The van der Waals surface area contributed by atoms with E-state index in [-0.39, 0.29) is 31.0 Å². The molecule has 0 radical (unpaired) electrons. The Morgan fingerprint density at radius 3 is 2.65 bits per heavy atom. The average Bonchev–Trinajstić information content (AvgIpc) is 3.38. The molecule has 2 bridgehead atoms. The SMILES string of the molecule is C=CCCOC(=O)[C@@H]1[C@H]2C(=O)N([C@@H](CC)CO)C(C(=O)N(CC=C)CCCC)C23CC[C@@]1(C)S3. The van der Waals surface area contributed by atoms with E-state index in [0.29, 0.717) is 32.4 Å². The van der Waals surface area contributed by atoms with Crippen LogP contribution in [0.4, 0.5) is 0 Å². The first-order valence-corrected chi connectivity index (χ1v) is 13.4. The van der Waals surface area contributed by atoms with Crippen LogP contribution in [0.15, 0.2) is 25.3 Å². The van der Waals surface area contributed by atoms with E-state index in [1.54, 1.807) is 33.7 Å². The van der Waals surface area contributed by atoms with Crippen LogP contribution >= 0.6 is 11.8 Å². The second-order valence-electron chi connectivity index (χ2n) is 9.89. The summed E-state index contributed by atoms with van der Waals surface area (Å²) in [4.78, 5) is 44.8. The van der Waals surface area contributed by atoms with Gasteiger partial charge in [-0.1, -0.05) is 32.4 Å². The van der Waals surface area contributed by atoms with Gasteiger partial charge in [0.15, 0.2) is 0 Å². The van der Waals surface area contributed by atoms with Crippen molar-refractivity contribution in [2.75, 3.05) is 26.3 Å². The van der Waals surface area contributed by atoms with Crippen LogP contribution < -0.4 is 0 Å². The highest BCUT2D eigenvalue weighted by Gasteiger charge is 2.78. The maximum absolute atomic E-state index is 14.1. The lowest BCUT2D eigenvalue weighted by Gasteiger charge is -2.39. The van der Waals surface area contributed by atoms with Crippen molar-refractivity contribution in [3.8, 4) is 0 Å². The smallest absolute Gasteiger partial charge is 0.311 e. The highest BCUT2D eigenvalue weighted by molar-refractivity contribution is 8.02. The van der Waals surface area contributed by atoms with E-state index in [0.717, 1.165) is 19.3 Å². The quantitative estimate of drug-likeness (QED) is 0.241. The number of hydrogen-bond acceptors (Lipinski definition) is 6. The van der Waals surface area contributed by atoms with Crippen LogP contribution in [0, 0.1) is 11.8 Å². The van der Waals surface area contributed by atoms with Gasteiger partial charge < -0.3 is 19.6 Å². The van der Waals surface area contributed by atoms with E-state index in [1.807, 2.05) is 13.8 Å². The molecule has 6 atom stereocenters. The topological polar surface area (TPSA) is 87.1 Å². The fourth-order valence-corrected chi connectivity index (χ4v) is 8.44. The number of carbonyl (C=O) groups is 3. The zero-order valence-electron chi connectivity index (χ0n) is 20.8. The van der Waals surface area contributed by atoms with Crippen LogP contribution in [0.2, 0.25) is 0 Å². The molecule has 2 unspecified atom stereocenters. The van der Waals surface area contributed by atoms with Gasteiger partial charge in [0, 0.05) is 17.8 Å². The van der Waals surface area contributed by atoms with E-state index < -0.39 is 33.4 Å². The number of carbonyl (C=O) groups excluding carboxylic acids is 3. The van der Waals surface area contributed by atoms with E-state index in [1.165, 1.54) is 0 Å². The van der Waals surface area contributed by atoms with Crippen LogP contribution in [-0.2, 0) is 19.1 Å². The van der Waals surface area contributed by atoms with Crippen LogP contribution in [0.5, 0.6) is 0 Å². The lowest BCUT2D eigenvalue weighted by molar-refractivity contribution is -0.156. The second-order valence-corrected chi connectivity index (χ2v) is 11.8. The van der Waals surface area contributed by atoms with Gasteiger partial charge in [-0.2, -0.15) is 0 Å². The summed E-state index contributed by atoms with van der Waals surface area (Å²) in [6.07, 6.45) is 7.72. The molecule has 0 aromatic rings. The van der Waals surface area contributed by atoms with E-state index in [2.05, 4.69) is 20.1 Å². The van der Waals surface area contributed by atoms with Gasteiger partial charge in [0.25, 0.3) is 0 Å². The maximum atomic E-state index is 14.1. The summed E-state index contributed by atoms with van der Waals surface area (Å²) in [7, 11) is 0. The van der Waals surface area contributed by atoms with Crippen molar-refractivity contribution < 1.29 is 24.2 Å². The first kappa shape index (κ1) is 26.8. The van der Waals surface area contributed by atoms with Gasteiger partial charge in [-0.3, -0.25) is 14.4 Å². The van der Waals surface area contributed by atoms with Gasteiger partial charge in [0.1, 0.15) is 6.04 Å². The predicted molar refractivity (Wildman–Crippen MR) is 134 cm³/mol. The Morgan fingerprint density at radius 1 is 1.32 bits per heavy atom. The van der Waals surface area contributed by atoms with Crippen molar-refractivity contribution in [2.24, 2.45) is 11.8 Å². The minimum Gasteiger partial charge on any atom is -0.465 e. The first-order chi connectivity index (χ1) is 16.3. The number of likely N-dealkylation sites (tertiary alicyclic amines) is 1. The Balaban J connectivity index is 2.05. The Kier molecular flexibility index (Phi) is 8.56. The van der Waals surface area contributed by atoms with Crippen molar-refractivity contribution in [1.29, 1.82) is 0 Å². The van der Waals surface area contributed by atoms with E-state index in [9.17, 15) is 19.5 Å². The number of rotatable bonds is 13. The predicted octanol–water partition coefficient (Wildman–Crippen LogP) is 3.17. The molecular formula is C26H40N2O5S. The number of esters is 1. The molecule has 34 heavy (non-hydrogen) atoms. The van der Waals surface area contributed by atoms with Crippen molar-refractivity contribution in [3.05, 3.63) is 25.3 Å². The molecule has 0 aromatic carbocycles. The fourth-order valence-electron chi connectivity index (χ4n) is 6.11. The third kappa shape index (κ3) is 4.32. The Labute approximate surface area is 208 Å². The van der Waals surface area contributed by atoms with Crippen LogP contribution in [0.3, 0.4) is 0 Å². The molecule has 0 aromatic heterocycles. The molecule has 7 nitrogen and oxygen atoms in total. The molecular weight excluding hydrogens is 452 g/mol. The first-order valence-electron chi connectivity index (χ1n) is 12.6. The van der Waals surface area contributed by atoms with Crippen LogP contribution in [0.25, 0.3) is 0 Å². The highest BCUT2D eigenvalue weighted by atomic mass is 32.2. The fraction of sp³-hybridized carbons (Fsp3) is 0.731. The number of amides is 2. The summed E-state index contributed by atoms with van der Waals surface area (Å²) in [6, 6.07) is -1.18. The number of ether oxygens (including phenoxy) is 1. The largest absolute Gasteiger partial charge is 0.465 e. The minimum absolute atomic E-state index is 0.103. The summed E-state index contributed by atoms with van der Waals surface area (Å²) in [5.74, 6) is -1.90. The van der Waals surface area contributed by atoms with Crippen molar-refractivity contribution >= 4 is 29.5 Å². The normalized spacial score (nSPS) is 32.4. The van der Waals surface area contributed by atoms with Gasteiger partial charge in [-0.25, -0.2) is 0 Å². The number of aliphatic hydroxyl groups is 1. The molecule has 0 saturated carbocycles. The van der Waals surface area contributed by atoms with E-state index >= 15 is 0 Å². The summed E-state index contributed by atoms with van der Waals surface area (Å²) in [6.45, 7) is 14.5. The van der Waals surface area contributed by atoms with Gasteiger partial charge in [0.2, 0.25) is 11.8 Å². The molecule has 1 spiro atoms. The Bertz CT molecular complexity index is 815. The van der Waals surface area contributed by atoms with Crippen molar-refractivity contribution in [1.82, 2.24) is 9.80 Å². The van der Waals surface area contributed by atoms with Crippen molar-refractivity contribution in [3.63, 3.8) is 0 Å². The zero-order valence-corrected chi connectivity index (χ0v) is 21.6. The highest BCUT2D eigenvalue weighted by Crippen LogP contribution is 2.71. The average molecular weight is 493 g/mol. The number of fused-ring (bicyclic) bond motifs is 1. The second kappa shape index (κ2) is 10.9. The molecule has 2 amide bonds. The summed E-state index contributed by atoms with van der Waals surface area (Å²) < 4.78 is 4.42. The van der Waals surface area contributed by atoms with Crippen molar-refractivity contribution in [2.45, 2.75) is 80.9 Å². The summed E-state index contributed by atoms with van der Waals surface area (Å²) in [5, 5.41) is 10.1. The molecule has 3 fully saturated rings. The standard InChI is InChI=1S/C26H40N2O5S/c1-6-10-15-27(14-8-3)23(31)21-26-13-12-25(5,34-26)20(24(32)33-16-11-7-2)19(26)22(30)28(21)18(9-4)17-29/h7-8,18-21,29H,2-3,6,9-17H2,1,4-5H3/t18-,19-,20-,21?,25+,26?/m0/s1. The number of unbranched alkanes of at least 4 members (excludes halogenated alkanes) is 1. The Morgan fingerprint density at radius 2 is 2.06 bits per heavy atom. The Hall–Kier alpha value is -1.80. The van der Waals surface area contributed by atoms with Gasteiger partial charge in [-0.05, 0) is 39.0 Å². The van der Waals surface area contributed by atoms with Gasteiger partial charge in [-0.15, -0.1) is 24.9 Å². The number of hydrogen-bond donors (Lipinski definition) is 1. The molecule has 3 aliphatic rings. The molecule has 3 saturated heterocycles. The molecule has 190 valence electrons. The monoisotopic (exact) mass is 492 g/mol. The lowest BCUT2D eigenvalue weighted by Crippen LogP contribution is -2.57.